The zero-order valence-electron chi connectivity index (χ0n) is 8.68. The lowest BCUT2D eigenvalue weighted by atomic mass is 10.1. The van der Waals surface area contributed by atoms with Crippen LogP contribution in [0.5, 0.6) is 0 Å². The monoisotopic (exact) mass is 182 g/mol. The van der Waals surface area contributed by atoms with Crippen molar-refractivity contribution < 1.29 is 0 Å². The molecular weight excluding hydrogens is 160 g/mol. The highest BCUT2D eigenvalue weighted by atomic mass is 14.9. The summed E-state index contributed by atoms with van der Waals surface area (Å²) in [6.45, 7) is 5.59. The summed E-state index contributed by atoms with van der Waals surface area (Å²) in [6.07, 6.45) is 5.61. The fourth-order valence-corrected chi connectivity index (χ4v) is 2.03. The maximum atomic E-state index is 5.72. The molecule has 13 heavy (non-hydrogen) atoms. The van der Waals surface area contributed by atoms with Crippen LogP contribution in [0.3, 0.4) is 0 Å². The van der Waals surface area contributed by atoms with Gasteiger partial charge in [0.05, 0.1) is 0 Å². The first kappa shape index (κ1) is 9.47. The van der Waals surface area contributed by atoms with Gasteiger partial charge in [-0.2, -0.15) is 0 Å². The minimum atomic E-state index is 0.503. The van der Waals surface area contributed by atoms with Gasteiger partial charge in [-0.1, -0.05) is 6.92 Å². The molecule has 0 aromatic rings. The molecular formula is C11H22N2. The molecule has 0 radical (unpaired) electrons. The van der Waals surface area contributed by atoms with E-state index in [1.54, 1.807) is 0 Å². The van der Waals surface area contributed by atoms with Crippen molar-refractivity contribution in [1.29, 1.82) is 0 Å². The molecule has 0 aromatic carbocycles. The van der Waals surface area contributed by atoms with Crippen LogP contribution < -0.4 is 11.1 Å². The quantitative estimate of drug-likeness (QED) is 0.651. The molecule has 0 bridgehead atoms. The molecule has 2 rings (SSSR count). The van der Waals surface area contributed by atoms with Crippen LogP contribution in [0.15, 0.2) is 0 Å². The Kier molecular flexibility index (Phi) is 2.61. The fraction of sp³-hybridized carbons (Fsp3) is 1.00. The second-order valence-corrected chi connectivity index (χ2v) is 5.15. The average molecular weight is 182 g/mol. The molecule has 0 aliphatic heterocycles. The first-order chi connectivity index (χ1) is 6.26. The standard InChI is InChI=1S/C11H22N2/c1-9(10-2-3-10)6-13-8-11(7-12)4-5-11/h9-10,13H,2-8,12H2,1H3. The Morgan fingerprint density at radius 1 is 1.46 bits per heavy atom. The lowest BCUT2D eigenvalue weighted by Gasteiger charge is -2.16. The van der Waals surface area contributed by atoms with Crippen LogP contribution in [-0.2, 0) is 0 Å². The molecule has 1 atom stereocenters. The summed E-state index contributed by atoms with van der Waals surface area (Å²) in [5.41, 5.74) is 6.22. The van der Waals surface area contributed by atoms with E-state index in [0.717, 1.165) is 24.9 Å². The highest BCUT2D eigenvalue weighted by molar-refractivity contribution is 4.95. The average Bonchev–Trinajstić information content (AvgIpc) is 3.01. The van der Waals surface area contributed by atoms with Gasteiger partial charge in [0.15, 0.2) is 0 Å². The molecule has 2 fully saturated rings. The van der Waals surface area contributed by atoms with Crippen molar-refractivity contribution in [1.82, 2.24) is 5.32 Å². The van der Waals surface area contributed by atoms with Gasteiger partial charge >= 0.3 is 0 Å². The first-order valence-electron chi connectivity index (χ1n) is 5.66. The summed E-state index contributed by atoms with van der Waals surface area (Å²) in [6, 6.07) is 0. The van der Waals surface area contributed by atoms with E-state index in [4.69, 9.17) is 5.73 Å². The molecule has 76 valence electrons. The minimum absolute atomic E-state index is 0.503. The third-order valence-electron chi connectivity index (χ3n) is 3.78. The van der Waals surface area contributed by atoms with Crippen LogP contribution in [-0.4, -0.2) is 19.6 Å². The molecule has 0 amide bonds. The molecule has 1 unspecified atom stereocenters. The number of hydrogen-bond donors (Lipinski definition) is 2. The summed E-state index contributed by atoms with van der Waals surface area (Å²) in [7, 11) is 0. The van der Waals surface area contributed by atoms with Gasteiger partial charge in [0.1, 0.15) is 0 Å². The molecule has 0 saturated heterocycles. The molecule has 0 spiro atoms. The summed E-state index contributed by atoms with van der Waals surface area (Å²) >= 11 is 0. The van der Waals surface area contributed by atoms with Crippen molar-refractivity contribution >= 4 is 0 Å². The Hall–Kier alpha value is -0.0800. The molecule has 0 heterocycles. The van der Waals surface area contributed by atoms with E-state index in [2.05, 4.69) is 12.2 Å². The maximum Gasteiger partial charge on any atom is 0.00200 e. The van der Waals surface area contributed by atoms with E-state index < -0.39 is 0 Å². The second-order valence-electron chi connectivity index (χ2n) is 5.15. The highest BCUT2D eigenvalue weighted by Gasteiger charge is 2.40. The lowest BCUT2D eigenvalue weighted by Crippen LogP contribution is -2.32. The lowest BCUT2D eigenvalue weighted by molar-refractivity contribution is 0.409. The van der Waals surface area contributed by atoms with Gasteiger partial charge in [-0.3, -0.25) is 0 Å². The van der Waals surface area contributed by atoms with Gasteiger partial charge in [0.25, 0.3) is 0 Å². The number of nitrogens with two attached hydrogens (primary N) is 1. The Bertz CT molecular complexity index is 171. The van der Waals surface area contributed by atoms with E-state index in [1.807, 2.05) is 0 Å². The van der Waals surface area contributed by atoms with Gasteiger partial charge in [-0.25, -0.2) is 0 Å². The third-order valence-corrected chi connectivity index (χ3v) is 3.78. The van der Waals surface area contributed by atoms with Crippen LogP contribution in [0.1, 0.15) is 32.6 Å². The smallest absolute Gasteiger partial charge is 0.00200 e. The third kappa shape index (κ3) is 2.44. The van der Waals surface area contributed by atoms with Crippen LogP contribution in [0.4, 0.5) is 0 Å². The zero-order valence-corrected chi connectivity index (χ0v) is 8.68. The molecule has 2 aliphatic rings. The molecule has 2 nitrogen and oxygen atoms in total. The van der Waals surface area contributed by atoms with Crippen LogP contribution >= 0.6 is 0 Å². The number of rotatable bonds is 6. The summed E-state index contributed by atoms with van der Waals surface area (Å²) in [5, 5.41) is 3.58. The van der Waals surface area contributed by atoms with Crippen LogP contribution in [0.25, 0.3) is 0 Å². The highest BCUT2D eigenvalue weighted by Crippen LogP contribution is 2.43. The fourth-order valence-electron chi connectivity index (χ4n) is 2.03. The zero-order chi connectivity index (χ0) is 9.31. The van der Waals surface area contributed by atoms with Gasteiger partial charge in [0.2, 0.25) is 0 Å². The maximum absolute atomic E-state index is 5.72. The van der Waals surface area contributed by atoms with E-state index in [9.17, 15) is 0 Å². The number of hydrogen-bond acceptors (Lipinski definition) is 2. The number of nitrogens with one attached hydrogen (secondary N) is 1. The SMILES string of the molecule is CC(CNCC1(CN)CC1)C1CC1. The van der Waals surface area contributed by atoms with Gasteiger partial charge in [-0.15, -0.1) is 0 Å². The Balaban J connectivity index is 1.57. The Morgan fingerprint density at radius 2 is 2.15 bits per heavy atom. The van der Waals surface area contributed by atoms with Crippen molar-refractivity contribution in [2.75, 3.05) is 19.6 Å². The predicted octanol–water partition coefficient (Wildman–Crippen LogP) is 1.36. The van der Waals surface area contributed by atoms with Gasteiger partial charge in [0, 0.05) is 6.54 Å². The van der Waals surface area contributed by atoms with E-state index in [1.165, 1.54) is 32.2 Å². The van der Waals surface area contributed by atoms with Crippen molar-refractivity contribution in [2.24, 2.45) is 23.0 Å². The van der Waals surface area contributed by atoms with Gasteiger partial charge in [-0.05, 0) is 56.0 Å². The van der Waals surface area contributed by atoms with Crippen molar-refractivity contribution in [3.63, 3.8) is 0 Å². The predicted molar refractivity (Wildman–Crippen MR) is 55.5 cm³/mol. The Morgan fingerprint density at radius 3 is 2.62 bits per heavy atom. The molecule has 3 N–H and O–H groups in total. The minimum Gasteiger partial charge on any atom is -0.330 e. The van der Waals surface area contributed by atoms with Crippen LogP contribution in [0.2, 0.25) is 0 Å². The van der Waals surface area contributed by atoms with Crippen molar-refractivity contribution in [2.45, 2.75) is 32.6 Å². The first-order valence-corrected chi connectivity index (χ1v) is 5.66. The van der Waals surface area contributed by atoms with E-state index >= 15 is 0 Å². The Labute approximate surface area is 81.3 Å². The summed E-state index contributed by atoms with van der Waals surface area (Å²) in [4.78, 5) is 0. The normalized spacial score (nSPS) is 27.2. The molecule has 2 aliphatic carbocycles. The molecule has 2 saturated carbocycles. The summed E-state index contributed by atoms with van der Waals surface area (Å²) < 4.78 is 0. The molecule has 0 aromatic heterocycles. The molecule has 2 heteroatoms. The van der Waals surface area contributed by atoms with Crippen molar-refractivity contribution in [3.8, 4) is 0 Å². The van der Waals surface area contributed by atoms with E-state index in [-0.39, 0.29) is 0 Å². The van der Waals surface area contributed by atoms with E-state index in [0.29, 0.717) is 5.41 Å². The topological polar surface area (TPSA) is 38.0 Å². The largest absolute Gasteiger partial charge is 0.330 e. The van der Waals surface area contributed by atoms with Crippen LogP contribution in [0, 0.1) is 17.3 Å². The van der Waals surface area contributed by atoms with Gasteiger partial charge < -0.3 is 11.1 Å². The van der Waals surface area contributed by atoms with Crippen molar-refractivity contribution in [3.05, 3.63) is 0 Å². The summed E-state index contributed by atoms with van der Waals surface area (Å²) in [5.74, 6) is 1.91. The second kappa shape index (κ2) is 3.58.